The van der Waals surface area contributed by atoms with Crippen molar-refractivity contribution < 1.29 is 4.74 Å². The van der Waals surface area contributed by atoms with Crippen LogP contribution in [0.25, 0.3) is 5.82 Å². The van der Waals surface area contributed by atoms with Crippen LogP contribution in [0, 0.1) is 11.3 Å². The fraction of sp³-hybridized carbons (Fsp3) is 0.231. The molecule has 0 aliphatic carbocycles. The van der Waals surface area contributed by atoms with Crippen molar-refractivity contribution in [1.82, 2.24) is 19.5 Å². The summed E-state index contributed by atoms with van der Waals surface area (Å²) >= 11 is 6.03. The van der Waals surface area contributed by atoms with Gasteiger partial charge in [-0.3, -0.25) is 9.36 Å². The number of hydrogen-bond donors (Lipinski definition) is 1. The van der Waals surface area contributed by atoms with Crippen molar-refractivity contribution in [2.75, 3.05) is 0 Å². The second-order valence-corrected chi connectivity index (χ2v) is 8.39. The molecule has 4 rings (SSSR count). The molecule has 1 atom stereocenters. The Morgan fingerprint density at radius 2 is 1.91 bits per heavy atom. The number of imidazole rings is 1. The van der Waals surface area contributed by atoms with Crippen molar-refractivity contribution in [1.29, 1.82) is 5.26 Å². The molecule has 172 valence electrons. The molecule has 3 heterocycles. The Labute approximate surface area is 202 Å². The number of halogens is 1. The van der Waals surface area contributed by atoms with Gasteiger partial charge in [0.1, 0.15) is 11.6 Å². The van der Waals surface area contributed by atoms with Gasteiger partial charge in [0.25, 0.3) is 5.56 Å². The lowest BCUT2D eigenvalue weighted by atomic mass is 10.0. The van der Waals surface area contributed by atoms with Crippen LogP contribution in [0.2, 0.25) is 5.02 Å². The van der Waals surface area contributed by atoms with Gasteiger partial charge in [0, 0.05) is 43.7 Å². The van der Waals surface area contributed by atoms with Gasteiger partial charge in [-0.25, -0.2) is 9.97 Å². The molecule has 0 radical (unpaired) electrons. The van der Waals surface area contributed by atoms with E-state index in [1.165, 1.54) is 10.6 Å². The van der Waals surface area contributed by atoms with Crippen molar-refractivity contribution in [2.24, 2.45) is 0 Å². The number of aromatic amines is 1. The molecule has 1 N–H and O–H groups in total. The molecule has 0 fully saturated rings. The average molecular weight is 474 g/mol. The number of H-pyrrole nitrogens is 1. The Balaban J connectivity index is 1.43. The van der Waals surface area contributed by atoms with Gasteiger partial charge >= 0.3 is 0 Å². The van der Waals surface area contributed by atoms with Gasteiger partial charge in [-0.1, -0.05) is 29.8 Å². The van der Waals surface area contributed by atoms with Crippen LogP contribution in [0.1, 0.15) is 35.4 Å². The van der Waals surface area contributed by atoms with E-state index in [9.17, 15) is 4.79 Å². The molecule has 0 bridgehead atoms. The van der Waals surface area contributed by atoms with E-state index in [-0.39, 0.29) is 11.7 Å². The Hall–Kier alpha value is -3.73. The van der Waals surface area contributed by atoms with Crippen LogP contribution in [0.4, 0.5) is 0 Å². The minimum Gasteiger partial charge on any atom is -0.373 e. The molecule has 3 aromatic heterocycles. The summed E-state index contributed by atoms with van der Waals surface area (Å²) in [5, 5.41) is 9.46. The van der Waals surface area contributed by atoms with Gasteiger partial charge in [-0.15, -0.1) is 0 Å². The maximum atomic E-state index is 12.1. The van der Waals surface area contributed by atoms with Gasteiger partial charge < -0.3 is 9.72 Å². The zero-order chi connectivity index (χ0) is 23.8. The number of aromatic nitrogens is 4. The van der Waals surface area contributed by atoms with Crippen molar-refractivity contribution >= 4 is 11.6 Å². The summed E-state index contributed by atoms with van der Waals surface area (Å²) in [6.07, 6.45) is 10.2. The van der Waals surface area contributed by atoms with Crippen LogP contribution in [-0.4, -0.2) is 25.6 Å². The van der Waals surface area contributed by atoms with E-state index in [1.807, 2.05) is 30.5 Å². The van der Waals surface area contributed by atoms with Crippen LogP contribution < -0.4 is 5.56 Å². The maximum absolute atomic E-state index is 12.1. The van der Waals surface area contributed by atoms with Crippen molar-refractivity contribution in [3.8, 4) is 11.9 Å². The number of nitriles is 1. The molecule has 4 aromatic rings. The predicted molar refractivity (Wildman–Crippen MR) is 130 cm³/mol. The van der Waals surface area contributed by atoms with E-state index < -0.39 is 0 Å². The fourth-order valence-corrected chi connectivity index (χ4v) is 3.81. The molecule has 0 aliphatic heterocycles. The molecule has 8 heteroatoms. The Morgan fingerprint density at radius 3 is 2.62 bits per heavy atom. The normalized spacial score (nSPS) is 11.8. The first kappa shape index (κ1) is 23.4. The topological polar surface area (TPSA) is 96.6 Å². The van der Waals surface area contributed by atoms with Crippen LogP contribution in [0.3, 0.4) is 0 Å². The summed E-state index contributed by atoms with van der Waals surface area (Å²) in [6, 6.07) is 16.3. The van der Waals surface area contributed by atoms with E-state index in [0.29, 0.717) is 29.4 Å². The highest BCUT2D eigenvalue weighted by Crippen LogP contribution is 2.16. The molecule has 34 heavy (non-hydrogen) atoms. The van der Waals surface area contributed by atoms with Gasteiger partial charge in [-0.2, -0.15) is 5.26 Å². The highest BCUT2D eigenvalue weighted by Gasteiger charge is 2.13. The van der Waals surface area contributed by atoms with Crippen LogP contribution in [0.5, 0.6) is 0 Å². The molecule has 0 saturated heterocycles. The first-order valence-electron chi connectivity index (χ1n) is 11.0. The largest absolute Gasteiger partial charge is 0.373 e. The lowest BCUT2D eigenvalue weighted by Gasteiger charge is -2.18. The number of hydrogen-bond acceptors (Lipinski definition) is 5. The summed E-state index contributed by atoms with van der Waals surface area (Å²) in [5.41, 5.74) is 2.47. The Bertz CT molecular complexity index is 1290. The quantitative estimate of drug-likeness (QED) is 0.362. The summed E-state index contributed by atoms with van der Waals surface area (Å²) in [4.78, 5) is 24.0. The third-order valence-electron chi connectivity index (χ3n) is 5.46. The van der Waals surface area contributed by atoms with Crippen molar-refractivity contribution in [3.05, 3.63) is 111 Å². The van der Waals surface area contributed by atoms with Gasteiger partial charge in [0.15, 0.2) is 0 Å². The number of ether oxygens (including phenoxy) is 1. The number of nitrogens with zero attached hydrogens (tertiary/aromatic N) is 4. The van der Waals surface area contributed by atoms with E-state index >= 15 is 0 Å². The number of nitrogens with one attached hydrogen (secondary N) is 1. The zero-order valence-corrected chi connectivity index (χ0v) is 19.3. The molecule has 7 nitrogen and oxygen atoms in total. The zero-order valence-electron chi connectivity index (χ0n) is 18.5. The van der Waals surface area contributed by atoms with E-state index in [0.717, 1.165) is 36.2 Å². The van der Waals surface area contributed by atoms with Crippen LogP contribution >= 0.6 is 11.6 Å². The predicted octanol–water partition coefficient (Wildman–Crippen LogP) is 4.63. The molecule has 0 aliphatic rings. The lowest BCUT2D eigenvalue weighted by molar-refractivity contribution is 0.0340. The van der Waals surface area contributed by atoms with Crippen LogP contribution in [-0.2, 0) is 24.2 Å². The first-order chi connectivity index (χ1) is 16.6. The smallest absolute Gasteiger partial charge is 0.256 e. The lowest BCUT2D eigenvalue weighted by Crippen LogP contribution is -2.18. The fourth-order valence-electron chi connectivity index (χ4n) is 3.65. The SMILES string of the molecule is N#Cc1ccc(CO[C@H](CCCc2ncc[nH]2)Cc2ccc(-n3cc(Cl)ccc3=O)nc2)cc1. The standard InChI is InChI=1S/C26H24ClN5O2/c27-22-9-11-26(33)32(17-22)25-10-8-21(16-31-25)14-23(2-1-3-24-29-12-13-30-24)34-18-20-6-4-19(15-28)5-7-20/h4-13,16-17,23H,1-3,14,18H2,(H,29,30)/t23-/m1/s1. The minimum atomic E-state index is -0.189. The monoisotopic (exact) mass is 473 g/mol. The molecule has 1 aromatic carbocycles. The number of aryl methyl sites for hydroxylation is 1. The minimum absolute atomic E-state index is 0.0212. The second kappa shape index (κ2) is 11.4. The summed E-state index contributed by atoms with van der Waals surface area (Å²) < 4.78 is 7.69. The molecule has 0 saturated carbocycles. The summed E-state index contributed by atoms with van der Waals surface area (Å²) in [5.74, 6) is 1.48. The second-order valence-electron chi connectivity index (χ2n) is 7.95. The van der Waals surface area contributed by atoms with Crippen molar-refractivity contribution in [3.63, 3.8) is 0 Å². The summed E-state index contributed by atoms with van der Waals surface area (Å²) in [6.45, 7) is 0.459. The third-order valence-corrected chi connectivity index (χ3v) is 5.68. The number of benzene rings is 1. The molecular weight excluding hydrogens is 450 g/mol. The van der Waals surface area contributed by atoms with E-state index in [1.54, 1.807) is 36.8 Å². The first-order valence-corrected chi connectivity index (χ1v) is 11.4. The number of pyridine rings is 2. The average Bonchev–Trinajstić information content (AvgIpc) is 3.38. The molecule has 0 amide bonds. The number of rotatable bonds is 10. The van der Waals surface area contributed by atoms with Crippen molar-refractivity contribution in [2.45, 2.75) is 38.4 Å². The Kier molecular flexibility index (Phi) is 7.87. The maximum Gasteiger partial charge on any atom is 0.256 e. The van der Waals surface area contributed by atoms with Crippen LogP contribution in [0.15, 0.2) is 78.1 Å². The van der Waals surface area contributed by atoms with Gasteiger partial charge in [-0.05, 0) is 48.2 Å². The molecule has 0 spiro atoms. The molecular formula is C26H24ClN5O2. The Morgan fingerprint density at radius 1 is 1.09 bits per heavy atom. The molecule has 0 unspecified atom stereocenters. The summed E-state index contributed by atoms with van der Waals surface area (Å²) in [7, 11) is 0. The van der Waals surface area contributed by atoms with Gasteiger partial charge in [0.2, 0.25) is 0 Å². The van der Waals surface area contributed by atoms with Gasteiger partial charge in [0.05, 0.1) is 29.4 Å². The third kappa shape index (κ3) is 6.41. The highest BCUT2D eigenvalue weighted by molar-refractivity contribution is 6.30. The van der Waals surface area contributed by atoms with E-state index in [4.69, 9.17) is 21.6 Å². The van der Waals surface area contributed by atoms with E-state index in [2.05, 4.69) is 21.0 Å². The highest BCUT2D eigenvalue weighted by atomic mass is 35.5.